The van der Waals surface area contributed by atoms with Crippen molar-refractivity contribution in [2.24, 2.45) is 5.41 Å². The SMILES string of the molecule is CC(C)(C)C1CN(CCS(C)(=O)=O)CCN1C(=O)O. The van der Waals surface area contributed by atoms with Crippen molar-refractivity contribution in [2.45, 2.75) is 26.8 Å². The first kappa shape index (κ1) is 16.2. The molecule has 1 atom stereocenters. The Kier molecular flexibility index (Phi) is 4.84. The molecule has 0 spiro atoms. The molecular formula is C12H24N2O4S. The predicted molar refractivity (Wildman–Crippen MR) is 74.1 cm³/mol. The third-order valence-electron chi connectivity index (χ3n) is 3.49. The Balaban J connectivity index is 2.71. The van der Waals surface area contributed by atoms with Gasteiger partial charge in [-0.15, -0.1) is 0 Å². The third kappa shape index (κ3) is 4.99. The molecule has 1 amide bonds. The van der Waals surface area contributed by atoms with Crippen LogP contribution in [0.1, 0.15) is 20.8 Å². The molecule has 0 radical (unpaired) electrons. The van der Waals surface area contributed by atoms with E-state index in [9.17, 15) is 18.3 Å². The van der Waals surface area contributed by atoms with Crippen LogP contribution >= 0.6 is 0 Å². The number of rotatable bonds is 3. The van der Waals surface area contributed by atoms with E-state index in [1.807, 2.05) is 25.7 Å². The number of amides is 1. The van der Waals surface area contributed by atoms with Gasteiger partial charge in [-0.25, -0.2) is 13.2 Å². The van der Waals surface area contributed by atoms with Crippen LogP contribution in [0.2, 0.25) is 0 Å². The van der Waals surface area contributed by atoms with Crippen LogP contribution in [-0.2, 0) is 9.84 Å². The standard InChI is InChI=1S/C12H24N2O4S/c1-12(2,3)10-9-13(7-8-19(4,17)18)5-6-14(10)11(15)16/h10H,5-9H2,1-4H3,(H,15,16). The van der Waals surface area contributed by atoms with E-state index in [0.29, 0.717) is 26.2 Å². The van der Waals surface area contributed by atoms with Gasteiger partial charge in [0, 0.05) is 32.4 Å². The molecule has 0 aromatic heterocycles. The Labute approximate surface area is 115 Å². The molecule has 1 fully saturated rings. The van der Waals surface area contributed by atoms with Crippen molar-refractivity contribution in [1.82, 2.24) is 9.80 Å². The fraction of sp³-hybridized carbons (Fsp3) is 0.917. The van der Waals surface area contributed by atoms with Crippen molar-refractivity contribution >= 4 is 15.9 Å². The first-order valence-electron chi connectivity index (χ1n) is 6.40. The van der Waals surface area contributed by atoms with E-state index in [2.05, 4.69) is 0 Å². The maximum atomic E-state index is 11.2. The second kappa shape index (κ2) is 5.66. The topological polar surface area (TPSA) is 77.9 Å². The molecule has 1 saturated heterocycles. The number of hydrogen-bond acceptors (Lipinski definition) is 4. The molecule has 0 saturated carbocycles. The maximum absolute atomic E-state index is 11.2. The molecule has 1 unspecified atom stereocenters. The van der Waals surface area contributed by atoms with Gasteiger partial charge in [-0.2, -0.15) is 0 Å². The van der Waals surface area contributed by atoms with Gasteiger partial charge in [0.1, 0.15) is 9.84 Å². The molecule has 0 aliphatic carbocycles. The van der Waals surface area contributed by atoms with Gasteiger partial charge in [-0.3, -0.25) is 4.90 Å². The van der Waals surface area contributed by atoms with Crippen molar-refractivity contribution in [1.29, 1.82) is 0 Å². The summed E-state index contributed by atoms with van der Waals surface area (Å²) in [6.07, 6.45) is 0.324. The summed E-state index contributed by atoms with van der Waals surface area (Å²) in [5.41, 5.74) is -0.165. The van der Waals surface area contributed by atoms with Gasteiger partial charge >= 0.3 is 6.09 Å². The molecule has 0 aromatic rings. The third-order valence-corrected chi connectivity index (χ3v) is 4.41. The van der Waals surface area contributed by atoms with E-state index in [-0.39, 0.29) is 17.2 Å². The Bertz CT molecular complexity index is 428. The number of nitrogens with zero attached hydrogens (tertiary/aromatic N) is 2. The lowest BCUT2D eigenvalue weighted by Crippen LogP contribution is -2.59. The zero-order valence-electron chi connectivity index (χ0n) is 12.1. The summed E-state index contributed by atoms with van der Waals surface area (Å²) in [5, 5.41) is 9.23. The number of sulfone groups is 1. The van der Waals surface area contributed by atoms with Gasteiger partial charge < -0.3 is 10.0 Å². The molecule has 1 aliphatic rings. The van der Waals surface area contributed by atoms with E-state index in [1.165, 1.54) is 11.2 Å². The highest BCUT2D eigenvalue weighted by Crippen LogP contribution is 2.27. The lowest BCUT2D eigenvalue weighted by Gasteiger charge is -2.46. The molecule has 6 nitrogen and oxygen atoms in total. The Hall–Kier alpha value is -0.820. The number of piperazine rings is 1. The minimum absolute atomic E-state index is 0.113. The average Bonchev–Trinajstić information content (AvgIpc) is 2.23. The van der Waals surface area contributed by atoms with Crippen molar-refractivity contribution in [3.8, 4) is 0 Å². The van der Waals surface area contributed by atoms with Crippen LogP contribution in [-0.4, -0.2) is 73.6 Å². The van der Waals surface area contributed by atoms with E-state index >= 15 is 0 Å². The highest BCUT2D eigenvalue weighted by Gasteiger charge is 2.37. The predicted octanol–water partition coefficient (Wildman–Crippen LogP) is 0.741. The second-order valence-electron chi connectivity index (χ2n) is 6.29. The van der Waals surface area contributed by atoms with Crippen LogP contribution in [0, 0.1) is 5.41 Å². The summed E-state index contributed by atoms with van der Waals surface area (Å²) in [7, 11) is -2.98. The van der Waals surface area contributed by atoms with E-state index in [1.54, 1.807) is 0 Å². The monoisotopic (exact) mass is 292 g/mol. The summed E-state index contributed by atoms with van der Waals surface area (Å²) in [6.45, 7) is 8.11. The fourth-order valence-electron chi connectivity index (χ4n) is 2.31. The highest BCUT2D eigenvalue weighted by molar-refractivity contribution is 7.90. The molecule has 0 bridgehead atoms. The van der Waals surface area contributed by atoms with Gasteiger partial charge in [0.05, 0.1) is 11.8 Å². The van der Waals surface area contributed by atoms with Crippen molar-refractivity contribution in [3.05, 3.63) is 0 Å². The summed E-state index contributed by atoms with van der Waals surface area (Å²) < 4.78 is 22.4. The first-order valence-corrected chi connectivity index (χ1v) is 8.46. The summed E-state index contributed by atoms with van der Waals surface area (Å²) in [4.78, 5) is 14.8. The molecule has 0 aromatic carbocycles. The lowest BCUT2D eigenvalue weighted by atomic mass is 9.84. The molecule has 1 aliphatic heterocycles. The minimum atomic E-state index is -2.98. The smallest absolute Gasteiger partial charge is 0.407 e. The summed E-state index contributed by atoms with van der Waals surface area (Å²) >= 11 is 0. The van der Waals surface area contributed by atoms with Gasteiger partial charge in [0.2, 0.25) is 0 Å². The molecule has 1 N–H and O–H groups in total. The van der Waals surface area contributed by atoms with Crippen LogP contribution in [0.3, 0.4) is 0 Å². The van der Waals surface area contributed by atoms with Gasteiger partial charge in [-0.1, -0.05) is 20.8 Å². The Morgan fingerprint density at radius 1 is 1.32 bits per heavy atom. The zero-order valence-corrected chi connectivity index (χ0v) is 12.9. The molecular weight excluding hydrogens is 268 g/mol. The van der Waals surface area contributed by atoms with Gasteiger partial charge in [-0.05, 0) is 5.41 Å². The quantitative estimate of drug-likeness (QED) is 0.830. The molecule has 1 rings (SSSR count). The van der Waals surface area contributed by atoms with Crippen LogP contribution in [0.4, 0.5) is 4.79 Å². The van der Waals surface area contributed by atoms with Crippen LogP contribution < -0.4 is 0 Å². The molecule has 19 heavy (non-hydrogen) atoms. The molecule has 7 heteroatoms. The van der Waals surface area contributed by atoms with Crippen molar-refractivity contribution in [2.75, 3.05) is 38.2 Å². The highest BCUT2D eigenvalue weighted by atomic mass is 32.2. The van der Waals surface area contributed by atoms with E-state index in [4.69, 9.17) is 0 Å². The average molecular weight is 292 g/mol. The van der Waals surface area contributed by atoms with Crippen molar-refractivity contribution in [3.63, 3.8) is 0 Å². The van der Waals surface area contributed by atoms with Crippen LogP contribution in [0.5, 0.6) is 0 Å². The molecule has 112 valence electrons. The van der Waals surface area contributed by atoms with E-state index < -0.39 is 15.9 Å². The maximum Gasteiger partial charge on any atom is 0.407 e. The first-order chi connectivity index (χ1) is 8.50. The number of carbonyl (C=O) groups is 1. The normalized spacial score (nSPS) is 22.5. The largest absolute Gasteiger partial charge is 0.465 e. The summed E-state index contributed by atoms with van der Waals surface area (Å²) in [5.74, 6) is 0.122. The number of carboxylic acid groups (broad SMARTS) is 1. The second-order valence-corrected chi connectivity index (χ2v) is 8.55. The van der Waals surface area contributed by atoms with Crippen LogP contribution in [0.15, 0.2) is 0 Å². The Morgan fingerprint density at radius 2 is 1.89 bits per heavy atom. The van der Waals surface area contributed by atoms with Crippen LogP contribution in [0.25, 0.3) is 0 Å². The van der Waals surface area contributed by atoms with E-state index in [0.717, 1.165) is 0 Å². The lowest BCUT2D eigenvalue weighted by molar-refractivity contribution is 0.0238. The fourth-order valence-corrected chi connectivity index (χ4v) is 2.90. The minimum Gasteiger partial charge on any atom is -0.465 e. The van der Waals surface area contributed by atoms with Gasteiger partial charge in [0.25, 0.3) is 0 Å². The zero-order chi connectivity index (χ0) is 14.8. The Morgan fingerprint density at radius 3 is 2.32 bits per heavy atom. The number of hydrogen-bond donors (Lipinski definition) is 1. The van der Waals surface area contributed by atoms with Crippen molar-refractivity contribution < 1.29 is 18.3 Å². The van der Waals surface area contributed by atoms with Gasteiger partial charge in [0.15, 0.2) is 0 Å². The molecule has 1 heterocycles. The summed E-state index contributed by atoms with van der Waals surface area (Å²) in [6, 6.07) is -0.113.